The second kappa shape index (κ2) is 6.86. The molecule has 0 atom stereocenters. The van der Waals surface area contributed by atoms with Crippen molar-refractivity contribution in [1.29, 1.82) is 0 Å². The van der Waals surface area contributed by atoms with Gasteiger partial charge in [-0.25, -0.2) is 9.69 Å². The highest BCUT2D eigenvalue weighted by Gasteiger charge is 2.45. The third kappa shape index (κ3) is 3.43. The molecule has 5 amide bonds. The average Bonchev–Trinajstić information content (AvgIpc) is 3.16. The van der Waals surface area contributed by atoms with Crippen LogP contribution in [0.15, 0.2) is 41.8 Å². The van der Waals surface area contributed by atoms with E-state index < -0.39 is 30.3 Å². The molecule has 1 aliphatic heterocycles. The number of aryl methyl sites for hydroxylation is 1. The van der Waals surface area contributed by atoms with E-state index in [4.69, 9.17) is 0 Å². The van der Waals surface area contributed by atoms with Crippen molar-refractivity contribution in [3.05, 3.63) is 52.2 Å². The molecule has 8 heteroatoms. The van der Waals surface area contributed by atoms with Crippen molar-refractivity contribution in [2.24, 2.45) is 0 Å². The van der Waals surface area contributed by atoms with Crippen LogP contribution in [-0.2, 0) is 20.9 Å². The SMILES string of the molecule is Cc1ccccc1NC(=O)CN1C(=O)C(=O)N(Cc2cccs2)C1=O. The first kappa shape index (κ1) is 16.8. The van der Waals surface area contributed by atoms with E-state index in [1.54, 1.807) is 24.3 Å². The highest BCUT2D eigenvalue weighted by atomic mass is 32.1. The molecule has 1 aromatic carbocycles. The van der Waals surface area contributed by atoms with Gasteiger partial charge in [-0.3, -0.25) is 19.3 Å². The average molecular weight is 357 g/mol. The van der Waals surface area contributed by atoms with Crippen molar-refractivity contribution in [1.82, 2.24) is 9.80 Å². The summed E-state index contributed by atoms with van der Waals surface area (Å²) in [6.07, 6.45) is 0. The molecule has 25 heavy (non-hydrogen) atoms. The fourth-order valence-electron chi connectivity index (χ4n) is 2.43. The number of nitrogens with zero attached hydrogens (tertiary/aromatic N) is 2. The molecular formula is C17H15N3O4S. The zero-order chi connectivity index (χ0) is 18.0. The molecule has 3 rings (SSSR count). The van der Waals surface area contributed by atoms with Crippen molar-refractivity contribution >= 4 is 40.8 Å². The van der Waals surface area contributed by atoms with Crippen LogP contribution in [0.2, 0.25) is 0 Å². The van der Waals surface area contributed by atoms with Crippen molar-refractivity contribution in [2.75, 3.05) is 11.9 Å². The maximum absolute atomic E-state index is 12.3. The maximum Gasteiger partial charge on any atom is 0.335 e. The summed E-state index contributed by atoms with van der Waals surface area (Å²) < 4.78 is 0. The molecular weight excluding hydrogens is 342 g/mol. The van der Waals surface area contributed by atoms with Gasteiger partial charge in [0.05, 0.1) is 6.54 Å². The minimum atomic E-state index is -0.985. The molecule has 1 aliphatic rings. The van der Waals surface area contributed by atoms with E-state index in [0.717, 1.165) is 15.3 Å². The third-order valence-electron chi connectivity index (χ3n) is 3.75. The molecule has 1 aromatic heterocycles. The number of thiophene rings is 1. The normalized spacial score (nSPS) is 14.4. The van der Waals surface area contributed by atoms with Gasteiger partial charge in [-0.2, -0.15) is 0 Å². The van der Waals surface area contributed by atoms with E-state index in [-0.39, 0.29) is 6.54 Å². The van der Waals surface area contributed by atoms with Crippen molar-refractivity contribution in [3.8, 4) is 0 Å². The topological polar surface area (TPSA) is 86.8 Å². The van der Waals surface area contributed by atoms with Crippen LogP contribution in [-0.4, -0.2) is 40.1 Å². The smallest absolute Gasteiger partial charge is 0.324 e. The predicted octanol–water partition coefficient (Wildman–Crippen LogP) is 1.99. The summed E-state index contributed by atoms with van der Waals surface area (Å²) in [7, 11) is 0. The van der Waals surface area contributed by atoms with Crippen LogP contribution in [0.1, 0.15) is 10.4 Å². The Morgan fingerprint density at radius 2 is 1.76 bits per heavy atom. The first-order valence-electron chi connectivity index (χ1n) is 7.52. The minimum absolute atomic E-state index is 0.0248. The third-order valence-corrected chi connectivity index (χ3v) is 4.61. The Morgan fingerprint density at radius 3 is 2.44 bits per heavy atom. The van der Waals surface area contributed by atoms with Crippen LogP contribution < -0.4 is 5.32 Å². The van der Waals surface area contributed by atoms with Crippen LogP contribution in [0, 0.1) is 6.92 Å². The van der Waals surface area contributed by atoms with Gasteiger partial charge in [-0.05, 0) is 30.0 Å². The second-order valence-corrected chi connectivity index (χ2v) is 6.54. The Morgan fingerprint density at radius 1 is 1.04 bits per heavy atom. The van der Waals surface area contributed by atoms with E-state index in [1.807, 2.05) is 24.4 Å². The number of hydrogen-bond donors (Lipinski definition) is 1. The van der Waals surface area contributed by atoms with Gasteiger partial charge in [0.15, 0.2) is 0 Å². The van der Waals surface area contributed by atoms with Gasteiger partial charge in [0, 0.05) is 10.6 Å². The number of amides is 5. The number of hydrogen-bond acceptors (Lipinski definition) is 5. The lowest BCUT2D eigenvalue weighted by atomic mass is 10.2. The summed E-state index contributed by atoms with van der Waals surface area (Å²) in [5.41, 5.74) is 1.44. The molecule has 1 N–H and O–H groups in total. The monoisotopic (exact) mass is 357 g/mol. The van der Waals surface area contributed by atoms with E-state index in [1.165, 1.54) is 11.3 Å². The molecule has 0 unspecified atom stereocenters. The summed E-state index contributed by atoms with van der Waals surface area (Å²) in [5, 5.41) is 4.46. The molecule has 1 saturated heterocycles. The fraction of sp³-hybridized carbons (Fsp3) is 0.176. The van der Waals surface area contributed by atoms with Crippen molar-refractivity contribution in [2.45, 2.75) is 13.5 Å². The lowest BCUT2D eigenvalue weighted by molar-refractivity contribution is -0.143. The maximum atomic E-state index is 12.3. The van der Waals surface area contributed by atoms with Gasteiger partial charge < -0.3 is 5.32 Å². The molecule has 0 bridgehead atoms. The second-order valence-electron chi connectivity index (χ2n) is 5.51. The molecule has 7 nitrogen and oxygen atoms in total. The van der Waals surface area contributed by atoms with Crippen molar-refractivity contribution < 1.29 is 19.2 Å². The van der Waals surface area contributed by atoms with Gasteiger partial charge >= 0.3 is 17.8 Å². The molecule has 0 aliphatic carbocycles. The van der Waals surface area contributed by atoms with Crippen LogP contribution in [0.3, 0.4) is 0 Å². The minimum Gasteiger partial charge on any atom is -0.324 e. The lowest BCUT2D eigenvalue weighted by Crippen LogP contribution is -2.38. The molecule has 0 radical (unpaired) electrons. The number of nitrogens with one attached hydrogen (secondary N) is 1. The number of para-hydroxylation sites is 1. The molecule has 1 fully saturated rings. The van der Waals surface area contributed by atoms with Gasteiger partial charge in [-0.1, -0.05) is 24.3 Å². The highest BCUT2D eigenvalue weighted by Crippen LogP contribution is 2.19. The lowest BCUT2D eigenvalue weighted by Gasteiger charge is -2.15. The Balaban J connectivity index is 1.68. The number of rotatable bonds is 5. The van der Waals surface area contributed by atoms with Gasteiger partial charge in [0.25, 0.3) is 0 Å². The number of carbonyl (C=O) groups excluding carboxylic acids is 4. The van der Waals surface area contributed by atoms with Crippen LogP contribution in [0.4, 0.5) is 10.5 Å². The van der Waals surface area contributed by atoms with E-state index in [9.17, 15) is 19.2 Å². The number of anilines is 1. The van der Waals surface area contributed by atoms with Crippen LogP contribution in [0.5, 0.6) is 0 Å². The molecule has 2 heterocycles. The van der Waals surface area contributed by atoms with Crippen molar-refractivity contribution in [3.63, 3.8) is 0 Å². The van der Waals surface area contributed by atoms with E-state index in [2.05, 4.69) is 5.32 Å². The molecule has 2 aromatic rings. The number of urea groups is 1. The highest BCUT2D eigenvalue weighted by molar-refractivity contribution is 7.09. The number of carbonyl (C=O) groups is 4. The summed E-state index contributed by atoms with van der Waals surface area (Å²) in [6.45, 7) is 1.35. The first-order chi connectivity index (χ1) is 12.0. The fourth-order valence-corrected chi connectivity index (χ4v) is 3.13. The molecule has 0 spiro atoms. The first-order valence-corrected chi connectivity index (χ1v) is 8.40. The summed E-state index contributed by atoms with van der Waals surface area (Å²) in [6, 6.07) is 9.93. The van der Waals surface area contributed by atoms with Crippen LogP contribution >= 0.6 is 11.3 Å². The number of imide groups is 2. The standard InChI is InChI=1S/C17H15N3O4S/c1-11-5-2-3-7-13(11)18-14(21)10-20-16(23)15(22)19(17(20)24)9-12-6-4-8-25-12/h2-8H,9-10H2,1H3,(H,18,21). The molecule has 0 saturated carbocycles. The Kier molecular flexibility index (Phi) is 4.62. The van der Waals surface area contributed by atoms with E-state index in [0.29, 0.717) is 10.6 Å². The van der Waals surface area contributed by atoms with Gasteiger partial charge in [-0.15, -0.1) is 11.3 Å². The van der Waals surface area contributed by atoms with Gasteiger partial charge in [0.1, 0.15) is 6.54 Å². The molecule has 128 valence electrons. The Bertz CT molecular complexity index is 847. The van der Waals surface area contributed by atoms with E-state index >= 15 is 0 Å². The largest absolute Gasteiger partial charge is 0.335 e. The predicted molar refractivity (Wildman–Crippen MR) is 91.8 cm³/mol. The zero-order valence-corrected chi connectivity index (χ0v) is 14.2. The van der Waals surface area contributed by atoms with Crippen LogP contribution in [0.25, 0.3) is 0 Å². The number of benzene rings is 1. The zero-order valence-electron chi connectivity index (χ0n) is 13.4. The summed E-state index contributed by atoms with van der Waals surface area (Å²) in [5.74, 6) is -2.44. The Hall–Kier alpha value is -3.00. The van der Waals surface area contributed by atoms with Gasteiger partial charge in [0.2, 0.25) is 5.91 Å². The quantitative estimate of drug-likeness (QED) is 0.655. The summed E-state index contributed by atoms with van der Waals surface area (Å²) in [4.78, 5) is 50.9. The Labute approximate surface area is 147 Å². The summed E-state index contributed by atoms with van der Waals surface area (Å²) >= 11 is 1.38.